The van der Waals surface area contributed by atoms with Gasteiger partial charge in [-0.1, -0.05) is 13.8 Å². The second-order valence-corrected chi connectivity index (χ2v) is 12.0. The highest BCUT2D eigenvalue weighted by Crippen LogP contribution is 2.67. The van der Waals surface area contributed by atoms with Gasteiger partial charge >= 0.3 is 6.09 Å². The van der Waals surface area contributed by atoms with Crippen LogP contribution >= 0.6 is 11.8 Å². The van der Waals surface area contributed by atoms with E-state index < -0.39 is 5.60 Å². The van der Waals surface area contributed by atoms with Gasteiger partial charge in [0.15, 0.2) is 0 Å². The Kier molecular flexibility index (Phi) is 5.37. The zero-order valence-electron chi connectivity index (χ0n) is 17.3. The molecule has 0 spiro atoms. The van der Waals surface area contributed by atoms with Crippen LogP contribution in [0.3, 0.4) is 0 Å². The number of aliphatic hydroxyl groups is 1. The molecule has 150 valence electrons. The third-order valence-corrected chi connectivity index (χ3v) is 7.42. The fourth-order valence-corrected chi connectivity index (χ4v) is 7.49. The van der Waals surface area contributed by atoms with Gasteiger partial charge in [0, 0.05) is 23.6 Å². The molecule has 4 saturated carbocycles. The van der Waals surface area contributed by atoms with Gasteiger partial charge in [-0.3, -0.25) is 0 Å². The summed E-state index contributed by atoms with van der Waals surface area (Å²) in [6.07, 6.45) is 7.20. The number of rotatable bonds is 6. The third kappa shape index (κ3) is 4.19. The highest BCUT2D eigenvalue weighted by Gasteiger charge is 2.62. The fourth-order valence-electron chi connectivity index (χ4n) is 6.85. The largest absolute Gasteiger partial charge is 0.444 e. The van der Waals surface area contributed by atoms with E-state index in [4.69, 9.17) is 9.84 Å². The van der Waals surface area contributed by atoms with Crippen LogP contribution in [0.5, 0.6) is 0 Å². The van der Waals surface area contributed by atoms with E-state index in [1.807, 2.05) is 20.8 Å². The molecule has 0 heterocycles. The number of hydrogen-bond donors (Lipinski definition) is 1. The van der Waals surface area contributed by atoms with Crippen molar-refractivity contribution in [2.75, 3.05) is 24.7 Å². The highest BCUT2D eigenvalue weighted by atomic mass is 32.2. The summed E-state index contributed by atoms with van der Waals surface area (Å²) in [5.74, 6) is 2.34. The van der Waals surface area contributed by atoms with Crippen molar-refractivity contribution < 1.29 is 14.6 Å². The van der Waals surface area contributed by atoms with Crippen LogP contribution in [0.1, 0.15) is 73.1 Å². The zero-order chi connectivity index (χ0) is 19.2. The SMILES string of the molecule is CC12CC3CC(C)(C1)CC(N(CCSCCO)C(=O)OC(C)(C)C)(C3)C2. The monoisotopic (exact) mass is 383 g/mol. The molecule has 0 aromatic heterocycles. The molecule has 26 heavy (non-hydrogen) atoms. The van der Waals surface area contributed by atoms with E-state index in [1.54, 1.807) is 11.8 Å². The average molecular weight is 384 g/mol. The van der Waals surface area contributed by atoms with E-state index in [2.05, 4.69) is 18.7 Å². The molecule has 4 fully saturated rings. The minimum absolute atomic E-state index is 0.0367. The molecule has 1 N–H and O–H groups in total. The van der Waals surface area contributed by atoms with Gasteiger partial charge in [0.2, 0.25) is 0 Å². The van der Waals surface area contributed by atoms with Gasteiger partial charge in [-0.05, 0) is 76.0 Å². The van der Waals surface area contributed by atoms with E-state index in [9.17, 15) is 4.79 Å². The van der Waals surface area contributed by atoms with Crippen molar-refractivity contribution in [3.63, 3.8) is 0 Å². The van der Waals surface area contributed by atoms with E-state index in [-0.39, 0.29) is 18.2 Å². The lowest BCUT2D eigenvalue weighted by molar-refractivity contribution is -0.155. The summed E-state index contributed by atoms with van der Waals surface area (Å²) >= 11 is 1.72. The predicted octanol–water partition coefficient (Wildman–Crippen LogP) is 4.70. The van der Waals surface area contributed by atoms with Crippen molar-refractivity contribution in [3.05, 3.63) is 0 Å². The first-order chi connectivity index (χ1) is 12.0. The number of carbonyl (C=O) groups excluding carboxylic acids is 1. The molecule has 2 unspecified atom stereocenters. The minimum Gasteiger partial charge on any atom is -0.444 e. The van der Waals surface area contributed by atoms with Crippen molar-refractivity contribution in [2.45, 2.75) is 84.3 Å². The van der Waals surface area contributed by atoms with E-state index in [0.29, 0.717) is 10.8 Å². The van der Waals surface area contributed by atoms with E-state index in [0.717, 1.165) is 43.2 Å². The van der Waals surface area contributed by atoms with Crippen LogP contribution in [0.4, 0.5) is 4.79 Å². The summed E-state index contributed by atoms with van der Waals surface area (Å²) in [7, 11) is 0. The van der Waals surface area contributed by atoms with E-state index >= 15 is 0 Å². The lowest BCUT2D eigenvalue weighted by Crippen LogP contribution is -2.66. The lowest BCUT2D eigenvalue weighted by atomic mass is 9.42. The molecule has 4 aliphatic rings. The highest BCUT2D eigenvalue weighted by molar-refractivity contribution is 7.99. The maximum Gasteiger partial charge on any atom is 0.410 e. The second kappa shape index (κ2) is 6.88. The molecule has 0 aromatic carbocycles. The van der Waals surface area contributed by atoms with Crippen molar-refractivity contribution in [2.24, 2.45) is 16.7 Å². The first-order valence-electron chi connectivity index (χ1n) is 10.2. The van der Waals surface area contributed by atoms with Crippen LogP contribution < -0.4 is 0 Å². The molecule has 0 aliphatic heterocycles. The Morgan fingerprint density at radius 3 is 2.23 bits per heavy atom. The van der Waals surface area contributed by atoms with Gasteiger partial charge in [-0.2, -0.15) is 11.8 Å². The fraction of sp³-hybridized carbons (Fsp3) is 0.952. The van der Waals surface area contributed by atoms with Crippen molar-refractivity contribution in [3.8, 4) is 0 Å². The molecule has 0 radical (unpaired) electrons. The average Bonchev–Trinajstić information content (AvgIpc) is 2.40. The zero-order valence-corrected chi connectivity index (χ0v) is 18.1. The Labute approximate surface area is 163 Å². The first-order valence-corrected chi connectivity index (χ1v) is 11.3. The van der Waals surface area contributed by atoms with Crippen LogP contribution in [0.15, 0.2) is 0 Å². The lowest BCUT2D eigenvalue weighted by Gasteiger charge is -2.67. The van der Waals surface area contributed by atoms with Crippen LogP contribution in [-0.4, -0.2) is 51.9 Å². The van der Waals surface area contributed by atoms with E-state index in [1.165, 1.54) is 19.3 Å². The number of amides is 1. The van der Waals surface area contributed by atoms with Crippen LogP contribution in [-0.2, 0) is 4.74 Å². The summed E-state index contributed by atoms with van der Waals surface area (Å²) in [4.78, 5) is 15.3. The Balaban J connectivity index is 1.84. The van der Waals surface area contributed by atoms with Crippen LogP contribution in [0, 0.1) is 16.7 Å². The second-order valence-electron chi connectivity index (χ2n) is 10.8. The third-order valence-electron chi connectivity index (χ3n) is 6.48. The molecule has 0 aromatic rings. The molecule has 1 amide bonds. The summed E-state index contributed by atoms with van der Waals surface area (Å²) in [5.41, 5.74) is 0.230. The minimum atomic E-state index is -0.469. The van der Waals surface area contributed by atoms with Gasteiger partial charge in [0.1, 0.15) is 5.60 Å². The molecule has 2 atom stereocenters. The van der Waals surface area contributed by atoms with Crippen LogP contribution in [0.2, 0.25) is 0 Å². The number of aliphatic hydroxyl groups excluding tert-OH is 1. The molecule has 4 nitrogen and oxygen atoms in total. The predicted molar refractivity (Wildman–Crippen MR) is 107 cm³/mol. The molecular formula is C21H37NO3S. The number of thioether (sulfide) groups is 1. The first kappa shape index (κ1) is 20.3. The van der Waals surface area contributed by atoms with Crippen molar-refractivity contribution >= 4 is 17.9 Å². The number of ether oxygens (including phenoxy) is 1. The van der Waals surface area contributed by atoms with Crippen molar-refractivity contribution in [1.29, 1.82) is 0 Å². The summed E-state index contributed by atoms with van der Waals surface area (Å²) in [6, 6.07) is 0. The summed E-state index contributed by atoms with van der Waals surface area (Å²) in [5, 5.41) is 9.07. The normalized spacial score (nSPS) is 38.5. The molecule has 5 heteroatoms. The number of carbonyl (C=O) groups is 1. The van der Waals surface area contributed by atoms with Crippen LogP contribution in [0.25, 0.3) is 0 Å². The molecular weight excluding hydrogens is 346 g/mol. The standard InChI is InChI=1S/C21H37NO3S/c1-18(2,3)25-17(24)22(6-8-26-9-7-23)21-12-16-10-19(4,14-21)13-20(5,11-16)15-21/h16,23H,6-15H2,1-5H3. The maximum absolute atomic E-state index is 13.2. The van der Waals surface area contributed by atoms with Crippen molar-refractivity contribution in [1.82, 2.24) is 4.90 Å². The summed E-state index contributed by atoms with van der Waals surface area (Å²) in [6.45, 7) is 11.7. The maximum atomic E-state index is 13.2. The molecule has 4 rings (SSSR count). The van der Waals surface area contributed by atoms with Gasteiger partial charge < -0.3 is 14.7 Å². The molecule has 4 aliphatic carbocycles. The van der Waals surface area contributed by atoms with Gasteiger partial charge in [-0.15, -0.1) is 0 Å². The molecule has 0 saturated heterocycles. The smallest absolute Gasteiger partial charge is 0.410 e. The summed E-state index contributed by atoms with van der Waals surface area (Å²) < 4.78 is 5.84. The Morgan fingerprint density at radius 2 is 1.73 bits per heavy atom. The Hall–Kier alpha value is -0.420. The Morgan fingerprint density at radius 1 is 1.12 bits per heavy atom. The van der Waals surface area contributed by atoms with Gasteiger partial charge in [0.25, 0.3) is 0 Å². The quantitative estimate of drug-likeness (QED) is 0.676. The van der Waals surface area contributed by atoms with Gasteiger partial charge in [-0.25, -0.2) is 4.79 Å². The molecule has 4 bridgehead atoms. The van der Waals surface area contributed by atoms with Gasteiger partial charge in [0.05, 0.1) is 6.61 Å². The topological polar surface area (TPSA) is 49.8 Å². The number of hydrogen-bond acceptors (Lipinski definition) is 4. The Bertz CT molecular complexity index is 526. The number of nitrogens with zero attached hydrogens (tertiary/aromatic N) is 1.